The van der Waals surface area contributed by atoms with Gasteiger partial charge in [0.2, 0.25) is 0 Å². The predicted octanol–water partition coefficient (Wildman–Crippen LogP) is 5.90. The van der Waals surface area contributed by atoms with Gasteiger partial charge in [0.15, 0.2) is 11.7 Å². The van der Waals surface area contributed by atoms with Gasteiger partial charge in [-0.15, -0.1) is 0 Å². The smallest absolute Gasteiger partial charge is 0.331 e. The van der Waals surface area contributed by atoms with E-state index in [0.717, 1.165) is 37.7 Å². The molecule has 9 nitrogen and oxygen atoms in total. The summed E-state index contributed by atoms with van der Waals surface area (Å²) >= 11 is 0. The summed E-state index contributed by atoms with van der Waals surface area (Å²) in [5.41, 5.74) is 1.42. The number of carbonyl (C=O) groups is 1. The highest BCUT2D eigenvalue weighted by Crippen LogP contribution is 2.30. The molecule has 2 aromatic heterocycles. The van der Waals surface area contributed by atoms with Crippen molar-refractivity contribution in [3.8, 4) is 11.3 Å². The van der Waals surface area contributed by atoms with Gasteiger partial charge in [0.1, 0.15) is 0 Å². The first-order valence-corrected chi connectivity index (χ1v) is 14.2. The van der Waals surface area contributed by atoms with Crippen LogP contribution in [-0.4, -0.2) is 26.7 Å². The Labute approximate surface area is 233 Å². The molecule has 1 saturated carbocycles. The minimum atomic E-state index is -0.383. The molecular formula is C31H37N5O4. The number of urea groups is 1. The van der Waals surface area contributed by atoms with Crippen LogP contribution in [0.25, 0.3) is 22.2 Å². The summed E-state index contributed by atoms with van der Waals surface area (Å²) < 4.78 is 9.08. The zero-order chi connectivity index (χ0) is 28.2. The summed E-state index contributed by atoms with van der Waals surface area (Å²) in [5.74, 6) is 1.60. The molecule has 2 heterocycles. The van der Waals surface area contributed by atoms with Crippen molar-refractivity contribution in [3.05, 3.63) is 81.5 Å². The number of rotatable bonds is 11. The van der Waals surface area contributed by atoms with E-state index >= 15 is 0 Å². The average molecular weight is 544 g/mol. The summed E-state index contributed by atoms with van der Waals surface area (Å²) in [4.78, 5) is 43.9. The van der Waals surface area contributed by atoms with Gasteiger partial charge in [-0.25, -0.2) is 14.6 Å². The van der Waals surface area contributed by atoms with Gasteiger partial charge in [-0.1, -0.05) is 50.1 Å². The largest absolute Gasteiger partial charge is 0.440 e. The van der Waals surface area contributed by atoms with E-state index in [-0.39, 0.29) is 29.2 Å². The molecule has 0 saturated heterocycles. The van der Waals surface area contributed by atoms with Gasteiger partial charge in [0, 0.05) is 30.4 Å². The van der Waals surface area contributed by atoms with E-state index in [4.69, 9.17) is 4.42 Å². The lowest BCUT2D eigenvalue weighted by Gasteiger charge is -2.18. The van der Waals surface area contributed by atoms with E-state index in [1.807, 2.05) is 44.2 Å². The number of benzene rings is 2. The number of hydrogen-bond donors (Lipinski definition) is 2. The lowest BCUT2D eigenvalue weighted by atomic mass is 10.0. The first-order valence-electron chi connectivity index (χ1n) is 14.2. The maximum atomic E-state index is 13.3. The van der Waals surface area contributed by atoms with Gasteiger partial charge in [-0.2, -0.15) is 0 Å². The van der Waals surface area contributed by atoms with Crippen LogP contribution in [0.4, 0.5) is 10.5 Å². The van der Waals surface area contributed by atoms with E-state index in [0.29, 0.717) is 47.2 Å². The van der Waals surface area contributed by atoms with Gasteiger partial charge < -0.3 is 15.1 Å². The number of anilines is 1. The third-order valence-corrected chi connectivity index (χ3v) is 7.43. The van der Waals surface area contributed by atoms with Crippen LogP contribution in [0.15, 0.2) is 68.7 Å². The molecule has 0 spiro atoms. The lowest BCUT2D eigenvalue weighted by molar-refractivity contribution is 0.250. The molecule has 1 atom stereocenters. The van der Waals surface area contributed by atoms with Crippen molar-refractivity contribution >= 4 is 22.6 Å². The van der Waals surface area contributed by atoms with Gasteiger partial charge in [-0.3, -0.25) is 13.9 Å². The molecule has 40 heavy (non-hydrogen) atoms. The molecule has 0 bridgehead atoms. The fraction of sp³-hybridized carbons (Fsp3) is 0.419. The second-order valence-corrected chi connectivity index (χ2v) is 10.9. The topological polar surface area (TPSA) is 111 Å². The normalized spacial score (nSPS) is 14.0. The van der Waals surface area contributed by atoms with Gasteiger partial charge >= 0.3 is 11.7 Å². The molecule has 1 aliphatic rings. The molecule has 5 rings (SSSR count). The van der Waals surface area contributed by atoms with Gasteiger partial charge in [-0.05, 0) is 57.2 Å². The van der Waals surface area contributed by atoms with Crippen molar-refractivity contribution in [1.29, 1.82) is 0 Å². The van der Waals surface area contributed by atoms with Crippen molar-refractivity contribution in [2.75, 3.05) is 11.9 Å². The van der Waals surface area contributed by atoms with Crippen molar-refractivity contribution in [1.82, 2.24) is 19.4 Å². The molecule has 2 amide bonds. The molecular weight excluding hydrogens is 506 g/mol. The van der Waals surface area contributed by atoms with E-state index in [2.05, 4.69) is 22.5 Å². The number of hydrogen-bond acceptors (Lipinski definition) is 5. The Bertz CT molecular complexity index is 1600. The Hall–Kier alpha value is -4.14. The highest BCUT2D eigenvalue weighted by molar-refractivity contribution is 5.92. The third-order valence-electron chi connectivity index (χ3n) is 7.43. The second kappa shape index (κ2) is 11.9. The molecule has 1 unspecified atom stereocenters. The number of oxazole rings is 1. The van der Waals surface area contributed by atoms with E-state index in [9.17, 15) is 14.4 Å². The number of aromatic nitrogens is 3. The van der Waals surface area contributed by atoms with Gasteiger partial charge in [0.25, 0.3) is 5.56 Å². The number of nitrogens with zero attached hydrogens (tertiary/aromatic N) is 3. The third kappa shape index (κ3) is 6.03. The van der Waals surface area contributed by atoms with Crippen LogP contribution >= 0.6 is 0 Å². The van der Waals surface area contributed by atoms with E-state index in [1.165, 1.54) is 4.57 Å². The van der Waals surface area contributed by atoms with Crippen molar-refractivity contribution in [3.63, 3.8) is 0 Å². The Balaban J connectivity index is 1.32. The predicted molar refractivity (Wildman–Crippen MR) is 157 cm³/mol. The van der Waals surface area contributed by atoms with Crippen LogP contribution in [-0.2, 0) is 6.54 Å². The van der Waals surface area contributed by atoms with E-state index < -0.39 is 0 Å². The molecule has 0 radical (unpaired) electrons. The minimum absolute atomic E-state index is 0.0742. The fourth-order valence-electron chi connectivity index (χ4n) is 5.05. The molecule has 1 fully saturated rings. The summed E-state index contributed by atoms with van der Waals surface area (Å²) in [6.45, 7) is 6.77. The fourth-order valence-corrected chi connectivity index (χ4v) is 5.05. The Morgan fingerprint density at radius 1 is 1.12 bits per heavy atom. The Morgan fingerprint density at radius 3 is 2.60 bits per heavy atom. The summed E-state index contributed by atoms with van der Waals surface area (Å²) in [6.07, 6.45) is 6.62. The number of fused-ring (bicyclic) bond motifs is 1. The molecule has 2 aromatic carbocycles. The second-order valence-electron chi connectivity index (χ2n) is 10.9. The first kappa shape index (κ1) is 27.4. The quantitative estimate of drug-likeness (QED) is 0.245. The summed E-state index contributed by atoms with van der Waals surface area (Å²) in [7, 11) is 0. The first-order chi connectivity index (χ1) is 19.4. The molecule has 2 N–H and O–H groups in total. The van der Waals surface area contributed by atoms with E-state index in [1.54, 1.807) is 29.0 Å². The maximum Gasteiger partial charge on any atom is 0.331 e. The average Bonchev–Trinajstić information content (AvgIpc) is 3.64. The van der Waals surface area contributed by atoms with Crippen molar-refractivity contribution in [2.24, 2.45) is 5.92 Å². The highest BCUT2D eigenvalue weighted by atomic mass is 16.4. The maximum absolute atomic E-state index is 13.3. The standard InChI is InChI=1S/C31H37N5O4/c1-4-5-9-23(28-32-18-27(40-28)22-10-7-6-8-11-22)17-33-30(38)34-24-14-15-26-25(16-24)29(37)35(19-21-12-13-21)31(39)36(26)20(2)3/h6-8,10-11,14-16,18,20-21,23H,4-5,9,12-13,17,19H2,1-3H3,(H2,33,34,38). The van der Waals surface area contributed by atoms with Crippen LogP contribution in [0.3, 0.4) is 0 Å². The van der Waals surface area contributed by atoms with Crippen LogP contribution in [0, 0.1) is 5.92 Å². The monoisotopic (exact) mass is 543 g/mol. The van der Waals surface area contributed by atoms with Crippen LogP contribution in [0.2, 0.25) is 0 Å². The van der Waals surface area contributed by atoms with Crippen molar-refractivity contribution in [2.45, 2.75) is 71.4 Å². The van der Waals surface area contributed by atoms with Crippen LogP contribution < -0.4 is 21.9 Å². The zero-order valence-electron chi connectivity index (χ0n) is 23.4. The molecule has 210 valence electrons. The van der Waals surface area contributed by atoms with Gasteiger partial charge in [0.05, 0.1) is 23.0 Å². The summed E-state index contributed by atoms with van der Waals surface area (Å²) in [5, 5.41) is 6.22. The minimum Gasteiger partial charge on any atom is -0.440 e. The summed E-state index contributed by atoms with van der Waals surface area (Å²) in [6, 6.07) is 14.4. The SMILES string of the molecule is CCCCC(CNC(=O)Nc1ccc2c(c1)c(=O)n(CC1CC1)c(=O)n2C(C)C)c1ncc(-c2ccccc2)o1. The number of carbonyl (C=O) groups excluding carboxylic acids is 1. The molecule has 4 aromatic rings. The van der Waals surface area contributed by atoms with Crippen LogP contribution in [0.5, 0.6) is 0 Å². The molecule has 0 aliphatic heterocycles. The highest BCUT2D eigenvalue weighted by Gasteiger charge is 2.25. The number of nitrogens with one attached hydrogen (secondary N) is 2. The van der Waals surface area contributed by atoms with Crippen LogP contribution in [0.1, 0.15) is 70.7 Å². The number of amides is 2. The molecule has 1 aliphatic carbocycles. The lowest BCUT2D eigenvalue weighted by Crippen LogP contribution is -2.41. The Kier molecular flexibility index (Phi) is 8.19. The molecule has 9 heteroatoms. The zero-order valence-corrected chi connectivity index (χ0v) is 23.4. The number of unbranched alkanes of at least 4 members (excludes halogenated alkanes) is 1. The Morgan fingerprint density at radius 2 is 1.90 bits per heavy atom. The van der Waals surface area contributed by atoms with Crippen molar-refractivity contribution < 1.29 is 9.21 Å².